The number of rotatable bonds is 0. The molecule has 2 saturated heterocycles. The van der Waals surface area contributed by atoms with Gasteiger partial charge in [-0.1, -0.05) is 13.3 Å². The van der Waals surface area contributed by atoms with Crippen LogP contribution in [0.4, 0.5) is 0 Å². The Kier molecular flexibility index (Phi) is 1.52. The number of hydrogen-bond acceptors (Lipinski definition) is 1. The molecule has 0 amide bonds. The normalized spacial score (nSPS) is 57.2. The third-order valence-corrected chi connectivity index (χ3v) is 4.54. The predicted molar refractivity (Wildman–Crippen MR) is 49.9 cm³/mol. The number of nitrogens with zero attached hydrogens (tertiary/aromatic N) is 1. The van der Waals surface area contributed by atoms with Gasteiger partial charge in [-0.15, -0.1) is 0 Å². The van der Waals surface area contributed by atoms with Gasteiger partial charge in [0.15, 0.2) is 0 Å². The van der Waals surface area contributed by atoms with E-state index in [1.54, 1.807) is 0 Å². The zero-order chi connectivity index (χ0) is 8.13. The second kappa shape index (κ2) is 2.47. The van der Waals surface area contributed by atoms with Gasteiger partial charge in [0, 0.05) is 13.1 Å². The van der Waals surface area contributed by atoms with E-state index in [9.17, 15) is 0 Å². The fourth-order valence-electron chi connectivity index (χ4n) is 4.06. The smallest absolute Gasteiger partial charge is 0.00131 e. The monoisotopic (exact) mass is 165 g/mol. The summed E-state index contributed by atoms with van der Waals surface area (Å²) in [6.45, 7) is 6.76. The molecule has 0 spiro atoms. The highest BCUT2D eigenvalue weighted by molar-refractivity contribution is 4.97. The van der Waals surface area contributed by atoms with E-state index in [0.29, 0.717) is 0 Å². The molecule has 12 heavy (non-hydrogen) atoms. The molecule has 5 atom stereocenters. The second-order valence-corrected chi connectivity index (χ2v) is 5.20. The van der Waals surface area contributed by atoms with Gasteiger partial charge in [-0.2, -0.15) is 0 Å². The minimum absolute atomic E-state index is 1.04. The standard InChI is InChI=1S/C11H19N/c1-8-2-3-9-6-12-5-4-10(7-12)11(8)9/h8-11H,2-7H2,1H3. The van der Waals surface area contributed by atoms with Crippen molar-refractivity contribution in [2.24, 2.45) is 23.7 Å². The van der Waals surface area contributed by atoms with Crippen LogP contribution in [0.25, 0.3) is 0 Å². The molecule has 1 nitrogen and oxygen atoms in total. The Morgan fingerprint density at radius 1 is 1.00 bits per heavy atom. The summed E-state index contributed by atoms with van der Waals surface area (Å²) in [4.78, 5) is 2.70. The van der Waals surface area contributed by atoms with Crippen LogP contribution in [0.1, 0.15) is 26.2 Å². The molecule has 0 aromatic heterocycles. The molecule has 2 aliphatic heterocycles. The van der Waals surface area contributed by atoms with Crippen molar-refractivity contribution in [3.63, 3.8) is 0 Å². The molecule has 1 saturated carbocycles. The van der Waals surface area contributed by atoms with E-state index in [0.717, 1.165) is 23.7 Å². The predicted octanol–water partition coefficient (Wildman–Crippen LogP) is 1.98. The molecule has 5 unspecified atom stereocenters. The van der Waals surface area contributed by atoms with Crippen molar-refractivity contribution in [1.82, 2.24) is 4.90 Å². The van der Waals surface area contributed by atoms with E-state index < -0.39 is 0 Å². The zero-order valence-electron chi connectivity index (χ0n) is 8.00. The highest BCUT2D eigenvalue weighted by Crippen LogP contribution is 2.48. The largest absolute Gasteiger partial charge is 0.303 e. The van der Waals surface area contributed by atoms with Crippen LogP contribution in [0.5, 0.6) is 0 Å². The van der Waals surface area contributed by atoms with E-state index in [1.807, 2.05) is 0 Å². The molecule has 3 aliphatic rings. The summed E-state index contributed by atoms with van der Waals surface area (Å²) in [5.41, 5.74) is 0. The van der Waals surface area contributed by atoms with Gasteiger partial charge >= 0.3 is 0 Å². The number of fused-ring (bicyclic) bond motifs is 4. The second-order valence-electron chi connectivity index (χ2n) is 5.20. The van der Waals surface area contributed by atoms with Crippen LogP contribution in [0.2, 0.25) is 0 Å². The summed E-state index contributed by atoms with van der Waals surface area (Å²) in [6.07, 6.45) is 4.55. The van der Waals surface area contributed by atoms with E-state index in [1.165, 1.54) is 38.9 Å². The molecule has 2 heterocycles. The van der Waals surface area contributed by atoms with Crippen molar-refractivity contribution in [2.75, 3.05) is 19.6 Å². The van der Waals surface area contributed by atoms with Crippen molar-refractivity contribution >= 4 is 0 Å². The van der Waals surface area contributed by atoms with Crippen LogP contribution in [-0.4, -0.2) is 24.5 Å². The van der Waals surface area contributed by atoms with Gasteiger partial charge in [-0.25, -0.2) is 0 Å². The van der Waals surface area contributed by atoms with E-state index in [-0.39, 0.29) is 0 Å². The fourth-order valence-corrected chi connectivity index (χ4v) is 4.06. The van der Waals surface area contributed by atoms with Crippen molar-refractivity contribution in [1.29, 1.82) is 0 Å². The Labute approximate surface area is 75.1 Å². The molecule has 68 valence electrons. The third kappa shape index (κ3) is 0.891. The van der Waals surface area contributed by atoms with Gasteiger partial charge in [0.1, 0.15) is 0 Å². The molecular formula is C11H19N. The molecule has 2 bridgehead atoms. The quantitative estimate of drug-likeness (QED) is 0.530. The number of piperidine rings is 1. The first kappa shape index (κ1) is 7.37. The summed E-state index contributed by atoms with van der Waals surface area (Å²) >= 11 is 0. The van der Waals surface area contributed by atoms with E-state index >= 15 is 0 Å². The van der Waals surface area contributed by atoms with Gasteiger partial charge in [0.2, 0.25) is 0 Å². The Morgan fingerprint density at radius 3 is 2.58 bits per heavy atom. The van der Waals surface area contributed by atoms with Gasteiger partial charge in [0.25, 0.3) is 0 Å². The third-order valence-electron chi connectivity index (χ3n) is 4.54. The molecule has 3 fully saturated rings. The Hall–Kier alpha value is -0.0400. The van der Waals surface area contributed by atoms with E-state index in [2.05, 4.69) is 11.8 Å². The van der Waals surface area contributed by atoms with Crippen molar-refractivity contribution < 1.29 is 0 Å². The first-order valence-corrected chi connectivity index (χ1v) is 5.57. The molecule has 1 aliphatic carbocycles. The van der Waals surface area contributed by atoms with Gasteiger partial charge in [-0.3, -0.25) is 0 Å². The average Bonchev–Trinajstić information content (AvgIpc) is 2.59. The van der Waals surface area contributed by atoms with Crippen molar-refractivity contribution in [3.8, 4) is 0 Å². The molecule has 0 radical (unpaired) electrons. The first-order valence-electron chi connectivity index (χ1n) is 5.57. The lowest BCUT2D eigenvalue weighted by Gasteiger charge is -2.35. The summed E-state index contributed by atoms with van der Waals surface area (Å²) in [5.74, 6) is 4.33. The lowest BCUT2D eigenvalue weighted by molar-refractivity contribution is 0.127. The summed E-state index contributed by atoms with van der Waals surface area (Å²) in [5, 5.41) is 0. The van der Waals surface area contributed by atoms with Crippen LogP contribution < -0.4 is 0 Å². The first-order chi connectivity index (χ1) is 5.84. The van der Waals surface area contributed by atoms with Gasteiger partial charge < -0.3 is 4.90 Å². The highest BCUT2D eigenvalue weighted by Gasteiger charge is 2.45. The summed E-state index contributed by atoms with van der Waals surface area (Å²) < 4.78 is 0. The number of hydrogen-bond donors (Lipinski definition) is 0. The Morgan fingerprint density at radius 2 is 1.75 bits per heavy atom. The van der Waals surface area contributed by atoms with Crippen molar-refractivity contribution in [2.45, 2.75) is 26.2 Å². The van der Waals surface area contributed by atoms with Crippen LogP contribution in [-0.2, 0) is 0 Å². The minimum atomic E-state index is 1.04. The fraction of sp³-hybridized carbons (Fsp3) is 1.00. The average molecular weight is 165 g/mol. The maximum atomic E-state index is 2.70. The Bertz CT molecular complexity index is 185. The summed E-state index contributed by atoms with van der Waals surface area (Å²) in [6, 6.07) is 0. The van der Waals surface area contributed by atoms with Gasteiger partial charge in [-0.05, 0) is 43.1 Å². The van der Waals surface area contributed by atoms with Crippen molar-refractivity contribution in [3.05, 3.63) is 0 Å². The SMILES string of the molecule is CC1CCC2CN3CCC(C3)C12. The van der Waals surface area contributed by atoms with Gasteiger partial charge in [0.05, 0.1) is 0 Å². The molecule has 1 heteroatoms. The van der Waals surface area contributed by atoms with E-state index in [4.69, 9.17) is 0 Å². The Balaban J connectivity index is 1.86. The topological polar surface area (TPSA) is 3.24 Å². The van der Waals surface area contributed by atoms with Crippen LogP contribution in [0, 0.1) is 23.7 Å². The molecular weight excluding hydrogens is 146 g/mol. The highest BCUT2D eigenvalue weighted by atomic mass is 15.2. The molecule has 0 aromatic carbocycles. The van der Waals surface area contributed by atoms with Crippen LogP contribution >= 0.6 is 0 Å². The lowest BCUT2D eigenvalue weighted by Crippen LogP contribution is -2.38. The van der Waals surface area contributed by atoms with Crippen LogP contribution in [0.15, 0.2) is 0 Å². The zero-order valence-corrected chi connectivity index (χ0v) is 8.00. The maximum absolute atomic E-state index is 2.70. The molecule has 3 rings (SSSR count). The molecule has 0 aromatic rings. The van der Waals surface area contributed by atoms with Crippen LogP contribution in [0.3, 0.4) is 0 Å². The molecule has 0 N–H and O–H groups in total. The lowest BCUT2D eigenvalue weighted by atomic mass is 9.77. The summed E-state index contributed by atoms with van der Waals surface area (Å²) in [7, 11) is 0. The minimum Gasteiger partial charge on any atom is -0.303 e. The maximum Gasteiger partial charge on any atom is 0.00131 e.